The smallest absolute Gasteiger partial charge is 0.230 e. The fourth-order valence-electron chi connectivity index (χ4n) is 2.47. The highest BCUT2D eigenvalue weighted by Crippen LogP contribution is 2.19. The summed E-state index contributed by atoms with van der Waals surface area (Å²) in [5, 5.41) is 11.9. The molecule has 0 radical (unpaired) electrons. The number of nitrogens with one attached hydrogen (secondary N) is 1. The average Bonchev–Trinajstić information content (AvgIpc) is 3.01. The number of fused-ring (bicyclic) bond motifs is 1. The molecule has 1 aromatic carbocycles. The number of amides is 1. The maximum absolute atomic E-state index is 12.1. The quantitative estimate of drug-likeness (QED) is 0.496. The predicted octanol–water partition coefficient (Wildman–Crippen LogP) is 3.05. The topological polar surface area (TPSA) is 72.2 Å². The molecule has 2 heterocycles. The van der Waals surface area contributed by atoms with Crippen LogP contribution in [0.3, 0.4) is 0 Å². The summed E-state index contributed by atoms with van der Waals surface area (Å²) in [7, 11) is 0. The van der Waals surface area contributed by atoms with E-state index in [0.717, 1.165) is 22.9 Å². The zero-order valence-corrected chi connectivity index (χ0v) is 16.7. The summed E-state index contributed by atoms with van der Waals surface area (Å²) >= 11 is 3.11. The van der Waals surface area contributed by atoms with Crippen LogP contribution in [0, 0.1) is 20.8 Å². The molecule has 0 fully saturated rings. The molecular formula is C18H21N5OS2. The summed E-state index contributed by atoms with van der Waals surface area (Å²) in [6, 6.07) is 10.3. The van der Waals surface area contributed by atoms with Crippen molar-refractivity contribution in [3.05, 3.63) is 47.4 Å². The molecule has 1 N–H and O–H groups in total. The van der Waals surface area contributed by atoms with Crippen LogP contribution in [0.1, 0.15) is 17.1 Å². The minimum absolute atomic E-state index is 0.00557. The van der Waals surface area contributed by atoms with E-state index >= 15 is 0 Å². The molecular weight excluding hydrogens is 366 g/mol. The van der Waals surface area contributed by atoms with Crippen molar-refractivity contribution < 1.29 is 4.79 Å². The van der Waals surface area contributed by atoms with Gasteiger partial charge in [0.2, 0.25) is 5.91 Å². The van der Waals surface area contributed by atoms with Gasteiger partial charge >= 0.3 is 0 Å². The molecule has 0 aliphatic heterocycles. The Morgan fingerprint density at radius 2 is 1.88 bits per heavy atom. The van der Waals surface area contributed by atoms with Gasteiger partial charge in [0.25, 0.3) is 0 Å². The summed E-state index contributed by atoms with van der Waals surface area (Å²) in [5.41, 5.74) is 2.91. The number of aromatic nitrogens is 4. The zero-order valence-electron chi connectivity index (χ0n) is 15.0. The highest BCUT2D eigenvalue weighted by atomic mass is 32.2. The first-order chi connectivity index (χ1) is 12.5. The van der Waals surface area contributed by atoms with E-state index in [4.69, 9.17) is 0 Å². The van der Waals surface area contributed by atoms with Crippen LogP contribution in [-0.2, 0) is 4.79 Å². The van der Waals surface area contributed by atoms with Crippen molar-refractivity contribution >= 4 is 35.1 Å². The van der Waals surface area contributed by atoms with Gasteiger partial charge in [0.05, 0.1) is 5.75 Å². The molecule has 136 valence electrons. The van der Waals surface area contributed by atoms with Gasteiger partial charge in [-0.3, -0.25) is 9.20 Å². The summed E-state index contributed by atoms with van der Waals surface area (Å²) in [4.78, 5) is 17.7. The molecule has 26 heavy (non-hydrogen) atoms. The van der Waals surface area contributed by atoms with Gasteiger partial charge in [-0.05, 0) is 32.9 Å². The van der Waals surface area contributed by atoms with Crippen molar-refractivity contribution in [2.24, 2.45) is 0 Å². The first kappa shape index (κ1) is 18.7. The van der Waals surface area contributed by atoms with E-state index in [1.165, 1.54) is 22.2 Å². The standard InChI is InChI=1S/C18H21N5OS2/c1-12-4-6-15(7-5-12)25-9-8-19-17(24)11-26-18-22-21-16-10-13(2)20-14(3)23(16)18/h4-7,10H,8-9,11H2,1-3H3,(H,19,24). The molecule has 0 saturated carbocycles. The van der Waals surface area contributed by atoms with Gasteiger partial charge in [-0.1, -0.05) is 29.5 Å². The lowest BCUT2D eigenvalue weighted by atomic mass is 10.2. The molecule has 0 spiro atoms. The Labute approximate surface area is 161 Å². The van der Waals surface area contributed by atoms with Crippen LogP contribution in [0.15, 0.2) is 40.4 Å². The molecule has 0 bridgehead atoms. The summed E-state index contributed by atoms with van der Waals surface area (Å²) in [6.07, 6.45) is 0. The second-order valence-electron chi connectivity index (χ2n) is 5.92. The monoisotopic (exact) mass is 387 g/mol. The Balaban J connectivity index is 1.45. The van der Waals surface area contributed by atoms with Gasteiger partial charge in [0, 0.05) is 29.0 Å². The number of rotatable bonds is 7. The van der Waals surface area contributed by atoms with E-state index in [0.29, 0.717) is 17.5 Å². The van der Waals surface area contributed by atoms with E-state index < -0.39 is 0 Å². The van der Waals surface area contributed by atoms with E-state index in [-0.39, 0.29) is 5.91 Å². The summed E-state index contributed by atoms with van der Waals surface area (Å²) in [5.74, 6) is 1.97. The molecule has 0 saturated heterocycles. The maximum atomic E-state index is 12.1. The Morgan fingerprint density at radius 3 is 2.65 bits per heavy atom. The third kappa shape index (κ3) is 4.76. The lowest BCUT2D eigenvalue weighted by Gasteiger charge is -2.06. The van der Waals surface area contributed by atoms with Crippen molar-refractivity contribution in [3.63, 3.8) is 0 Å². The van der Waals surface area contributed by atoms with Crippen LogP contribution < -0.4 is 5.32 Å². The largest absolute Gasteiger partial charge is 0.355 e. The fourth-order valence-corrected chi connectivity index (χ4v) is 4.06. The lowest BCUT2D eigenvalue weighted by Crippen LogP contribution is -2.27. The van der Waals surface area contributed by atoms with Crippen LogP contribution in [-0.4, -0.2) is 43.5 Å². The first-order valence-electron chi connectivity index (χ1n) is 8.31. The zero-order chi connectivity index (χ0) is 18.5. The molecule has 0 aliphatic carbocycles. The second kappa shape index (κ2) is 8.55. The molecule has 1 amide bonds. The molecule has 0 aliphatic rings. The van der Waals surface area contributed by atoms with Crippen molar-refractivity contribution in [1.29, 1.82) is 0 Å². The lowest BCUT2D eigenvalue weighted by molar-refractivity contribution is -0.118. The molecule has 2 aromatic heterocycles. The number of thioether (sulfide) groups is 2. The predicted molar refractivity (Wildman–Crippen MR) is 106 cm³/mol. The second-order valence-corrected chi connectivity index (χ2v) is 8.03. The summed E-state index contributed by atoms with van der Waals surface area (Å²) < 4.78 is 1.87. The maximum Gasteiger partial charge on any atom is 0.230 e. The van der Waals surface area contributed by atoms with Gasteiger partial charge in [0.15, 0.2) is 10.8 Å². The minimum atomic E-state index is -0.00557. The van der Waals surface area contributed by atoms with Gasteiger partial charge in [0.1, 0.15) is 5.82 Å². The van der Waals surface area contributed by atoms with Crippen LogP contribution >= 0.6 is 23.5 Å². The van der Waals surface area contributed by atoms with E-state index in [1.54, 1.807) is 11.8 Å². The summed E-state index contributed by atoms with van der Waals surface area (Å²) in [6.45, 7) is 6.55. The molecule has 8 heteroatoms. The van der Waals surface area contributed by atoms with Gasteiger partial charge in [-0.2, -0.15) is 0 Å². The van der Waals surface area contributed by atoms with Crippen LogP contribution in [0.4, 0.5) is 0 Å². The van der Waals surface area contributed by atoms with Crippen LogP contribution in [0.25, 0.3) is 5.65 Å². The van der Waals surface area contributed by atoms with E-state index in [1.807, 2.05) is 24.3 Å². The van der Waals surface area contributed by atoms with E-state index in [2.05, 4.69) is 51.7 Å². The minimum Gasteiger partial charge on any atom is -0.355 e. The number of benzene rings is 1. The van der Waals surface area contributed by atoms with Crippen LogP contribution in [0.2, 0.25) is 0 Å². The average molecular weight is 388 g/mol. The Morgan fingerprint density at radius 1 is 1.12 bits per heavy atom. The van der Waals surface area contributed by atoms with Gasteiger partial charge in [-0.15, -0.1) is 22.0 Å². The number of hydrogen-bond acceptors (Lipinski definition) is 6. The Bertz CT molecular complexity index is 908. The van der Waals surface area contributed by atoms with E-state index in [9.17, 15) is 4.79 Å². The normalized spacial score (nSPS) is 11.0. The number of carbonyl (C=O) groups excluding carboxylic acids is 1. The third-order valence-electron chi connectivity index (χ3n) is 3.70. The number of hydrogen-bond donors (Lipinski definition) is 1. The van der Waals surface area contributed by atoms with Gasteiger partial charge < -0.3 is 5.32 Å². The van der Waals surface area contributed by atoms with Crippen molar-refractivity contribution in [1.82, 2.24) is 24.9 Å². The van der Waals surface area contributed by atoms with Crippen molar-refractivity contribution in [2.45, 2.75) is 30.8 Å². The van der Waals surface area contributed by atoms with Crippen molar-refractivity contribution in [2.75, 3.05) is 18.1 Å². The highest BCUT2D eigenvalue weighted by Gasteiger charge is 2.11. The van der Waals surface area contributed by atoms with Crippen LogP contribution in [0.5, 0.6) is 0 Å². The first-order valence-corrected chi connectivity index (χ1v) is 10.3. The molecule has 0 unspecified atom stereocenters. The molecule has 3 aromatic rings. The molecule has 6 nitrogen and oxygen atoms in total. The molecule has 0 atom stereocenters. The fraction of sp³-hybridized carbons (Fsp3) is 0.333. The number of aryl methyl sites for hydroxylation is 3. The third-order valence-corrected chi connectivity index (χ3v) is 5.65. The van der Waals surface area contributed by atoms with Crippen molar-refractivity contribution in [3.8, 4) is 0 Å². The Kier molecular flexibility index (Phi) is 6.16. The number of carbonyl (C=O) groups is 1. The van der Waals surface area contributed by atoms with Gasteiger partial charge in [-0.25, -0.2) is 4.98 Å². The molecule has 3 rings (SSSR count). The highest BCUT2D eigenvalue weighted by molar-refractivity contribution is 7.99. The number of nitrogens with zero attached hydrogens (tertiary/aromatic N) is 4. The Hall–Kier alpha value is -2.06. The SMILES string of the molecule is Cc1ccc(SCCNC(=O)CSc2nnc3cc(C)nc(C)n23)cc1.